The highest BCUT2D eigenvalue weighted by Crippen LogP contribution is 2.27. The molecule has 0 aliphatic rings. The van der Waals surface area contributed by atoms with Crippen molar-refractivity contribution in [1.29, 1.82) is 0 Å². The van der Waals surface area contributed by atoms with Crippen LogP contribution in [0.15, 0.2) is 24.4 Å². The molecular formula is C13H12ClN5. The molecule has 0 saturated carbocycles. The van der Waals surface area contributed by atoms with Crippen LogP contribution in [0.2, 0.25) is 5.28 Å². The third-order valence-corrected chi connectivity index (χ3v) is 3.19. The van der Waals surface area contributed by atoms with Crippen LogP contribution in [0.4, 0.5) is 11.5 Å². The number of anilines is 2. The number of aromatic amines is 1. The average Bonchev–Trinajstić information content (AvgIpc) is 2.76. The minimum absolute atomic E-state index is 0.203. The van der Waals surface area contributed by atoms with E-state index < -0.39 is 0 Å². The fourth-order valence-electron chi connectivity index (χ4n) is 2.01. The second kappa shape index (κ2) is 4.51. The molecule has 0 aliphatic carbocycles. The van der Waals surface area contributed by atoms with E-state index in [-0.39, 0.29) is 5.28 Å². The number of rotatable bonds is 2. The van der Waals surface area contributed by atoms with Gasteiger partial charge in [0.25, 0.3) is 0 Å². The van der Waals surface area contributed by atoms with Crippen LogP contribution in [0.25, 0.3) is 11.0 Å². The maximum absolute atomic E-state index is 5.75. The molecule has 0 aliphatic heterocycles. The lowest BCUT2D eigenvalue weighted by Gasteiger charge is -2.10. The van der Waals surface area contributed by atoms with E-state index in [2.05, 4.69) is 51.5 Å². The lowest BCUT2D eigenvalue weighted by Crippen LogP contribution is -1.96. The Bertz CT molecular complexity index is 730. The van der Waals surface area contributed by atoms with Crippen molar-refractivity contribution in [3.05, 3.63) is 40.8 Å². The summed E-state index contributed by atoms with van der Waals surface area (Å²) in [5, 5.41) is 11.4. The minimum Gasteiger partial charge on any atom is -0.338 e. The lowest BCUT2D eigenvalue weighted by atomic mass is 10.1. The van der Waals surface area contributed by atoms with Gasteiger partial charge in [-0.2, -0.15) is 10.1 Å². The monoisotopic (exact) mass is 273 g/mol. The SMILES string of the molecule is Cc1cccc(C)c1Nc1n[nH]c2nc(Cl)ncc12. The molecule has 2 heterocycles. The summed E-state index contributed by atoms with van der Waals surface area (Å²) in [7, 11) is 0. The van der Waals surface area contributed by atoms with Gasteiger partial charge in [-0.3, -0.25) is 5.10 Å². The Morgan fingerprint density at radius 3 is 2.68 bits per heavy atom. The number of halogens is 1. The molecule has 6 heteroatoms. The second-order valence-electron chi connectivity index (χ2n) is 4.37. The first-order valence-corrected chi connectivity index (χ1v) is 6.23. The maximum atomic E-state index is 5.75. The summed E-state index contributed by atoms with van der Waals surface area (Å²) in [6.45, 7) is 4.11. The highest BCUT2D eigenvalue weighted by Gasteiger charge is 2.10. The van der Waals surface area contributed by atoms with Crippen LogP contribution >= 0.6 is 11.6 Å². The molecule has 3 rings (SSSR count). The Labute approximate surface area is 115 Å². The summed E-state index contributed by atoms with van der Waals surface area (Å²) < 4.78 is 0. The van der Waals surface area contributed by atoms with Gasteiger partial charge in [0.15, 0.2) is 11.5 Å². The maximum Gasteiger partial charge on any atom is 0.224 e. The van der Waals surface area contributed by atoms with Crippen molar-refractivity contribution in [2.75, 3.05) is 5.32 Å². The Kier molecular flexibility index (Phi) is 2.83. The first kappa shape index (κ1) is 11.9. The van der Waals surface area contributed by atoms with Crippen LogP contribution in [0.5, 0.6) is 0 Å². The number of para-hydroxylation sites is 1. The molecule has 0 amide bonds. The molecule has 2 aromatic heterocycles. The molecule has 3 aromatic rings. The topological polar surface area (TPSA) is 66.5 Å². The zero-order valence-electron chi connectivity index (χ0n) is 10.5. The first-order valence-electron chi connectivity index (χ1n) is 5.85. The molecule has 2 N–H and O–H groups in total. The Hall–Kier alpha value is -2.14. The van der Waals surface area contributed by atoms with Crippen LogP contribution < -0.4 is 5.32 Å². The van der Waals surface area contributed by atoms with Crippen molar-refractivity contribution in [3.63, 3.8) is 0 Å². The average molecular weight is 274 g/mol. The highest BCUT2D eigenvalue weighted by atomic mass is 35.5. The quantitative estimate of drug-likeness (QED) is 0.703. The number of benzene rings is 1. The molecule has 96 valence electrons. The summed E-state index contributed by atoms with van der Waals surface area (Å²) >= 11 is 5.75. The van der Waals surface area contributed by atoms with Gasteiger partial charge in [0.2, 0.25) is 5.28 Å². The van der Waals surface area contributed by atoms with Crippen molar-refractivity contribution in [2.24, 2.45) is 0 Å². The van der Waals surface area contributed by atoms with E-state index in [0.29, 0.717) is 11.5 Å². The zero-order valence-corrected chi connectivity index (χ0v) is 11.3. The van der Waals surface area contributed by atoms with Gasteiger partial charge in [-0.15, -0.1) is 0 Å². The van der Waals surface area contributed by atoms with Crippen molar-refractivity contribution < 1.29 is 0 Å². The summed E-state index contributed by atoms with van der Waals surface area (Å²) in [6.07, 6.45) is 1.66. The number of fused-ring (bicyclic) bond motifs is 1. The first-order chi connectivity index (χ1) is 9.15. The molecule has 0 atom stereocenters. The van der Waals surface area contributed by atoms with E-state index in [0.717, 1.165) is 22.2 Å². The molecule has 0 unspecified atom stereocenters. The molecule has 0 radical (unpaired) electrons. The molecule has 5 nitrogen and oxygen atoms in total. The molecule has 19 heavy (non-hydrogen) atoms. The highest BCUT2D eigenvalue weighted by molar-refractivity contribution is 6.28. The molecule has 0 bridgehead atoms. The second-order valence-corrected chi connectivity index (χ2v) is 4.70. The largest absolute Gasteiger partial charge is 0.338 e. The molecule has 0 spiro atoms. The molecule has 0 fully saturated rings. The van der Waals surface area contributed by atoms with Crippen molar-refractivity contribution in [3.8, 4) is 0 Å². The summed E-state index contributed by atoms with van der Waals surface area (Å²) in [5.74, 6) is 0.698. The Balaban J connectivity index is 2.06. The van der Waals surface area contributed by atoms with E-state index >= 15 is 0 Å². The van der Waals surface area contributed by atoms with Gasteiger partial charge >= 0.3 is 0 Å². The fourth-order valence-corrected chi connectivity index (χ4v) is 2.15. The van der Waals surface area contributed by atoms with Crippen LogP contribution in [0, 0.1) is 13.8 Å². The van der Waals surface area contributed by atoms with Crippen LogP contribution in [-0.2, 0) is 0 Å². The van der Waals surface area contributed by atoms with E-state index in [1.165, 1.54) is 0 Å². The summed E-state index contributed by atoms with van der Waals surface area (Å²) in [5.41, 5.74) is 3.98. The molecule has 0 saturated heterocycles. The number of H-pyrrole nitrogens is 1. The van der Waals surface area contributed by atoms with Crippen LogP contribution in [-0.4, -0.2) is 20.2 Å². The molecular weight excluding hydrogens is 262 g/mol. The van der Waals surface area contributed by atoms with Gasteiger partial charge in [-0.05, 0) is 36.6 Å². The number of nitrogens with zero attached hydrogens (tertiary/aromatic N) is 3. The smallest absolute Gasteiger partial charge is 0.224 e. The number of hydrogen-bond donors (Lipinski definition) is 2. The number of hydrogen-bond acceptors (Lipinski definition) is 4. The minimum atomic E-state index is 0.203. The molecule has 1 aromatic carbocycles. The fraction of sp³-hybridized carbons (Fsp3) is 0.154. The van der Waals surface area contributed by atoms with Gasteiger partial charge < -0.3 is 5.32 Å². The van der Waals surface area contributed by atoms with E-state index in [1.807, 2.05) is 6.07 Å². The Morgan fingerprint density at radius 1 is 1.21 bits per heavy atom. The van der Waals surface area contributed by atoms with Gasteiger partial charge in [-0.1, -0.05) is 18.2 Å². The predicted molar refractivity (Wildman–Crippen MR) is 75.9 cm³/mol. The standard InChI is InChI=1S/C13H12ClN5/c1-7-4-3-5-8(2)10(7)16-11-9-6-15-13(14)17-12(9)19-18-11/h3-6H,1-2H3,(H2,15,16,17,18,19). The third kappa shape index (κ3) is 2.13. The number of aryl methyl sites for hydroxylation is 2. The van der Waals surface area contributed by atoms with E-state index in [1.54, 1.807) is 6.20 Å². The Morgan fingerprint density at radius 2 is 1.95 bits per heavy atom. The number of aromatic nitrogens is 4. The summed E-state index contributed by atoms with van der Waals surface area (Å²) in [6, 6.07) is 6.14. The normalized spacial score (nSPS) is 10.9. The van der Waals surface area contributed by atoms with Crippen molar-refractivity contribution in [2.45, 2.75) is 13.8 Å². The van der Waals surface area contributed by atoms with Crippen LogP contribution in [0.3, 0.4) is 0 Å². The summed E-state index contributed by atoms with van der Waals surface area (Å²) in [4.78, 5) is 8.06. The third-order valence-electron chi connectivity index (χ3n) is 3.01. The number of nitrogens with one attached hydrogen (secondary N) is 2. The van der Waals surface area contributed by atoms with Gasteiger partial charge in [0.1, 0.15) is 0 Å². The van der Waals surface area contributed by atoms with E-state index in [9.17, 15) is 0 Å². The van der Waals surface area contributed by atoms with Gasteiger partial charge in [-0.25, -0.2) is 4.98 Å². The van der Waals surface area contributed by atoms with Gasteiger partial charge in [0.05, 0.1) is 5.39 Å². The lowest BCUT2D eigenvalue weighted by molar-refractivity contribution is 1.09. The van der Waals surface area contributed by atoms with Gasteiger partial charge in [0, 0.05) is 11.9 Å². The van der Waals surface area contributed by atoms with Crippen LogP contribution in [0.1, 0.15) is 11.1 Å². The van der Waals surface area contributed by atoms with E-state index in [4.69, 9.17) is 11.6 Å². The zero-order chi connectivity index (χ0) is 13.4. The van der Waals surface area contributed by atoms with Crippen molar-refractivity contribution in [1.82, 2.24) is 20.2 Å². The van der Waals surface area contributed by atoms with Crippen molar-refractivity contribution >= 4 is 34.1 Å². The predicted octanol–water partition coefficient (Wildman–Crippen LogP) is 3.37.